The van der Waals surface area contributed by atoms with Gasteiger partial charge in [-0.1, -0.05) is 6.92 Å². The van der Waals surface area contributed by atoms with Gasteiger partial charge >= 0.3 is 0 Å². The first-order chi connectivity index (χ1) is 14.2. The molecule has 0 radical (unpaired) electrons. The predicted octanol–water partition coefficient (Wildman–Crippen LogP) is 3.17. The first kappa shape index (κ1) is 19.3. The maximum absolute atomic E-state index is 12.7. The Bertz CT molecular complexity index is 955. The second kappa shape index (κ2) is 8.55. The summed E-state index contributed by atoms with van der Waals surface area (Å²) in [4.78, 5) is 21.1. The predicted molar refractivity (Wildman–Crippen MR) is 109 cm³/mol. The molecule has 8 heteroatoms. The summed E-state index contributed by atoms with van der Waals surface area (Å²) >= 11 is 0. The number of carbonyl (C=O) groups excluding carboxylic acids is 1. The van der Waals surface area contributed by atoms with Crippen LogP contribution >= 0.6 is 0 Å². The molecule has 3 aromatic heterocycles. The second-order valence-electron chi connectivity index (χ2n) is 7.65. The van der Waals surface area contributed by atoms with Gasteiger partial charge in [-0.3, -0.25) is 24.1 Å². The van der Waals surface area contributed by atoms with E-state index in [2.05, 4.69) is 32.4 Å². The highest BCUT2D eigenvalue weighted by atomic mass is 16.1. The summed E-state index contributed by atoms with van der Waals surface area (Å²) in [5.74, 6) is -0.0164. The molecule has 29 heavy (non-hydrogen) atoms. The molecule has 8 nitrogen and oxygen atoms in total. The van der Waals surface area contributed by atoms with Gasteiger partial charge in [0, 0.05) is 42.4 Å². The molecule has 1 aliphatic rings. The number of aromatic nitrogens is 6. The summed E-state index contributed by atoms with van der Waals surface area (Å²) in [5, 5.41) is 12.1. The van der Waals surface area contributed by atoms with Gasteiger partial charge in [-0.2, -0.15) is 10.2 Å². The largest absolute Gasteiger partial charge is 0.349 e. The topological polar surface area (TPSA) is 90.5 Å². The molecule has 1 amide bonds. The zero-order chi connectivity index (χ0) is 20.2. The number of hydrogen-bond donors (Lipinski definition) is 1. The minimum atomic E-state index is -0.0164. The van der Waals surface area contributed by atoms with E-state index in [0.29, 0.717) is 11.6 Å². The van der Waals surface area contributed by atoms with E-state index in [1.165, 1.54) is 0 Å². The van der Waals surface area contributed by atoms with Crippen molar-refractivity contribution in [2.24, 2.45) is 0 Å². The van der Waals surface area contributed by atoms with Gasteiger partial charge in [-0.25, -0.2) is 0 Å². The van der Waals surface area contributed by atoms with E-state index in [-0.39, 0.29) is 11.9 Å². The van der Waals surface area contributed by atoms with Crippen molar-refractivity contribution in [3.8, 4) is 11.3 Å². The van der Waals surface area contributed by atoms with E-state index in [9.17, 15) is 4.79 Å². The number of nitrogens with one attached hydrogen (secondary N) is 1. The molecule has 3 aromatic rings. The van der Waals surface area contributed by atoms with Crippen molar-refractivity contribution < 1.29 is 4.79 Å². The number of amides is 1. The molecule has 0 aliphatic heterocycles. The number of rotatable bonds is 6. The number of hydrogen-bond acceptors (Lipinski definition) is 5. The van der Waals surface area contributed by atoms with Crippen LogP contribution < -0.4 is 5.32 Å². The van der Waals surface area contributed by atoms with Crippen LogP contribution in [0.15, 0.2) is 37.2 Å². The molecule has 0 unspecified atom stereocenters. The Morgan fingerprint density at radius 1 is 1.14 bits per heavy atom. The van der Waals surface area contributed by atoms with Crippen LogP contribution in [-0.4, -0.2) is 41.5 Å². The normalized spacial score (nSPS) is 19.2. The van der Waals surface area contributed by atoms with E-state index in [1.54, 1.807) is 24.8 Å². The Morgan fingerprint density at radius 3 is 2.69 bits per heavy atom. The molecule has 1 N–H and O–H groups in total. The van der Waals surface area contributed by atoms with E-state index in [4.69, 9.17) is 0 Å². The van der Waals surface area contributed by atoms with Gasteiger partial charge < -0.3 is 5.32 Å². The Hall–Kier alpha value is -3.03. The zero-order valence-corrected chi connectivity index (χ0v) is 17.0. The van der Waals surface area contributed by atoms with E-state index < -0.39 is 0 Å². The van der Waals surface area contributed by atoms with E-state index in [1.807, 2.05) is 28.7 Å². The summed E-state index contributed by atoms with van der Waals surface area (Å²) in [7, 11) is 0. The summed E-state index contributed by atoms with van der Waals surface area (Å²) in [6.07, 6.45) is 15.5. The SMILES string of the molecule is CCCn1ncc(C(=O)NC2CCC(n3cc(-c4cnccn4)cn3)CC2)c1C. The fourth-order valence-corrected chi connectivity index (χ4v) is 3.97. The number of carbonyl (C=O) groups is 1. The van der Waals surface area contributed by atoms with Gasteiger partial charge in [0.2, 0.25) is 0 Å². The summed E-state index contributed by atoms with van der Waals surface area (Å²) in [6, 6.07) is 0.547. The average molecular weight is 393 g/mol. The van der Waals surface area contributed by atoms with Crippen LogP contribution in [-0.2, 0) is 6.54 Å². The standard InChI is InChI=1S/C21H27N7O/c1-3-10-27-15(2)19(12-25-27)21(29)26-17-4-6-18(7-5-17)28-14-16(11-24-28)20-13-22-8-9-23-20/h8-9,11-14,17-18H,3-7,10H2,1-2H3,(H,26,29). The lowest BCUT2D eigenvalue weighted by molar-refractivity contribution is 0.0921. The molecular weight excluding hydrogens is 366 g/mol. The van der Waals surface area contributed by atoms with E-state index >= 15 is 0 Å². The van der Waals surface area contributed by atoms with Crippen molar-refractivity contribution in [2.75, 3.05) is 0 Å². The lowest BCUT2D eigenvalue weighted by Gasteiger charge is -2.29. The molecular formula is C21H27N7O. The van der Waals surface area contributed by atoms with Crippen molar-refractivity contribution in [2.45, 2.75) is 64.6 Å². The Morgan fingerprint density at radius 2 is 1.97 bits per heavy atom. The monoisotopic (exact) mass is 393 g/mol. The zero-order valence-electron chi connectivity index (χ0n) is 17.0. The highest BCUT2D eigenvalue weighted by molar-refractivity contribution is 5.95. The lowest BCUT2D eigenvalue weighted by Crippen LogP contribution is -2.38. The first-order valence-corrected chi connectivity index (χ1v) is 10.3. The van der Waals surface area contributed by atoms with Gasteiger partial charge in [0.25, 0.3) is 5.91 Å². The van der Waals surface area contributed by atoms with Gasteiger partial charge in [0.05, 0.1) is 35.9 Å². The Labute approximate surface area is 170 Å². The molecule has 3 heterocycles. The highest BCUT2D eigenvalue weighted by Gasteiger charge is 2.25. The number of nitrogens with zero attached hydrogens (tertiary/aromatic N) is 6. The first-order valence-electron chi connectivity index (χ1n) is 10.3. The van der Waals surface area contributed by atoms with Crippen LogP contribution in [0.4, 0.5) is 0 Å². The van der Waals surface area contributed by atoms with Crippen molar-refractivity contribution in [3.05, 3.63) is 48.4 Å². The van der Waals surface area contributed by atoms with Gasteiger partial charge in [-0.15, -0.1) is 0 Å². The smallest absolute Gasteiger partial charge is 0.254 e. The molecule has 0 saturated heterocycles. The van der Waals surface area contributed by atoms with Crippen molar-refractivity contribution in [1.82, 2.24) is 34.8 Å². The molecule has 1 aliphatic carbocycles. The lowest BCUT2D eigenvalue weighted by atomic mass is 9.91. The molecule has 0 bridgehead atoms. The quantitative estimate of drug-likeness (QED) is 0.695. The van der Waals surface area contributed by atoms with Crippen molar-refractivity contribution in [3.63, 3.8) is 0 Å². The Balaban J connectivity index is 1.33. The number of aryl methyl sites for hydroxylation is 1. The fraction of sp³-hybridized carbons (Fsp3) is 0.476. The van der Waals surface area contributed by atoms with Crippen LogP contribution in [0.5, 0.6) is 0 Å². The summed E-state index contributed by atoms with van der Waals surface area (Å²) in [6.45, 7) is 4.90. The third kappa shape index (κ3) is 4.21. The van der Waals surface area contributed by atoms with Gasteiger partial charge in [0.15, 0.2) is 0 Å². The molecule has 0 aromatic carbocycles. The van der Waals surface area contributed by atoms with Crippen molar-refractivity contribution >= 4 is 5.91 Å². The van der Waals surface area contributed by atoms with E-state index in [0.717, 1.165) is 55.6 Å². The van der Waals surface area contributed by atoms with Gasteiger partial charge in [-0.05, 0) is 39.0 Å². The molecule has 1 saturated carbocycles. The molecule has 1 fully saturated rings. The second-order valence-corrected chi connectivity index (χ2v) is 7.65. The summed E-state index contributed by atoms with van der Waals surface area (Å²) in [5.41, 5.74) is 3.43. The minimum absolute atomic E-state index is 0.0164. The third-order valence-corrected chi connectivity index (χ3v) is 5.65. The molecule has 0 spiro atoms. The average Bonchev–Trinajstić information content (AvgIpc) is 3.37. The fourth-order valence-electron chi connectivity index (χ4n) is 3.97. The van der Waals surface area contributed by atoms with Crippen LogP contribution in [0.3, 0.4) is 0 Å². The van der Waals surface area contributed by atoms with Gasteiger partial charge in [0.1, 0.15) is 0 Å². The maximum Gasteiger partial charge on any atom is 0.254 e. The summed E-state index contributed by atoms with van der Waals surface area (Å²) < 4.78 is 3.93. The molecule has 4 rings (SSSR count). The molecule has 152 valence electrons. The van der Waals surface area contributed by atoms with Crippen LogP contribution in [0.1, 0.15) is 61.1 Å². The minimum Gasteiger partial charge on any atom is -0.349 e. The van der Waals surface area contributed by atoms with Crippen molar-refractivity contribution in [1.29, 1.82) is 0 Å². The molecule has 0 atom stereocenters. The Kier molecular flexibility index (Phi) is 5.69. The van der Waals surface area contributed by atoms with Crippen LogP contribution in [0.2, 0.25) is 0 Å². The highest BCUT2D eigenvalue weighted by Crippen LogP contribution is 2.29. The maximum atomic E-state index is 12.7. The third-order valence-electron chi connectivity index (χ3n) is 5.65. The van der Waals surface area contributed by atoms with Crippen LogP contribution in [0, 0.1) is 6.92 Å². The van der Waals surface area contributed by atoms with Crippen LogP contribution in [0.25, 0.3) is 11.3 Å².